The zero-order chi connectivity index (χ0) is 24.2. The monoisotopic (exact) mass is 480 g/mol. The third-order valence-electron chi connectivity index (χ3n) is 4.54. The molecule has 1 amide bonds. The molecule has 1 fully saturated rings. The minimum absolute atomic E-state index is 0.104. The summed E-state index contributed by atoms with van der Waals surface area (Å²) in [6, 6.07) is 2.67. The number of amides is 1. The summed E-state index contributed by atoms with van der Waals surface area (Å²) in [4.78, 5) is 34.0. The van der Waals surface area contributed by atoms with E-state index < -0.39 is 31.3 Å². The van der Waals surface area contributed by atoms with Crippen molar-refractivity contribution in [2.75, 3.05) is 18.8 Å². The first kappa shape index (κ1) is 25.6. The molecule has 2 heterocycles. The van der Waals surface area contributed by atoms with Crippen LogP contribution in [0.4, 0.5) is 13.2 Å². The summed E-state index contributed by atoms with van der Waals surface area (Å²) in [6.45, 7) is 0.667. The van der Waals surface area contributed by atoms with Crippen LogP contribution in [0.5, 0.6) is 11.5 Å². The number of likely N-dealkylation sites (tertiary alicyclic amines) is 1. The lowest BCUT2D eigenvalue weighted by Gasteiger charge is -2.40. The Bertz CT molecular complexity index is 882. The van der Waals surface area contributed by atoms with Gasteiger partial charge in [-0.3, -0.25) is 4.79 Å². The number of thiol groups is 1. The number of carboxylic acids is 2. The molecule has 0 spiro atoms. The molecule has 0 radical (unpaired) electrons. The molecule has 10 nitrogen and oxygen atoms in total. The SMILES string of the molecule is N[C@H](CS)C(=O)N1CC(Oc2ccc3c(c2C(=O)O)OB(O)CC3)C1.O=C(O)C(F)(F)F. The van der Waals surface area contributed by atoms with E-state index in [1.165, 1.54) is 0 Å². The standard InChI is InChI=1S/C15H19BN2O6S.C2HF3O2/c17-10(7-25)14(19)18-5-9(6-18)23-11-2-1-8-3-4-16(22)24-13(8)12(11)15(20)21;3-2(4,5)1(6)7/h1-2,9-10,22,25H,3-7,17H2,(H,20,21);(H,6,7)/t10-;/m1./s1. The summed E-state index contributed by atoms with van der Waals surface area (Å²) in [5, 5.41) is 26.3. The number of rotatable bonds is 5. The molecule has 3 rings (SSSR count). The van der Waals surface area contributed by atoms with Gasteiger partial charge in [-0.15, -0.1) is 0 Å². The average molecular weight is 480 g/mol. The number of fused-ring (bicyclic) bond motifs is 1. The normalized spacial score (nSPS) is 16.6. The Hall–Kier alpha value is -2.65. The van der Waals surface area contributed by atoms with Crippen LogP contribution in [0.15, 0.2) is 12.1 Å². The Kier molecular flexibility index (Phi) is 8.26. The molecule has 2 aliphatic heterocycles. The van der Waals surface area contributed by atoms with Crippen molar-refractivity contribution in [1.82, 2.24) is 4.90 Å². The molecule has 1 aromatic rings. The molecule has 0 aliphatic carbocycles. The first-order valence-electron chi connectivity index (χ1n) is 9.21. The number of alkyl halides is 3. The number of benzene rings is 1. The number of ether oxygens (including phenoxy) is 1. The van der Waals surface area contributed by atoms with Gasteiger partial charge in [-0.2, -0.15) is 25.8 Å². The second kappa shape index (κ2) is 10.3. The van der Waals surface area contributed by atoms with Crippen molar-refractivity contribution in [3.8, 4) is 11.5 Å². The number of aromatic carboxylic acids is 1. The van der Waals surface area contributed by atoms with E-state index in [4.69, 9.17) is 25.0 Å². The lowest BCUT2D eigenvalue weighted by molar-refractivity contribution is -0.192. The van der Waals surface area contributed by atoms with Crippen molar-refractivity contribution in [2.45, 2.75) is 31.1 Å². The van der Waals surface area contributed by atoms with Crippen molar-refractivity contribution in [3.05, 3.63) is 23.3 Å². The van der Waals surface area contributed by atoms with E-state index in [2.05, 4.69) is 12.6 Å². The molecule has 0 aromatic heterocycles. The zero-order valence-corrected chi connectivity index (χ0v) is 17.3. The quantitative estimate of drug-likeness (QED) is 0.295. The third kappa shape index (κ3) is 6.20. The van der Waals surface area contributed by atoms with E-state index in [-0.39, 0.29) is 34.8 Å². The first-order chi connectivity index (χ1) is 14.8. The highest BCUT2D eigenvalue weighted by molar-refractivity contribution is 7.80. The summed E-state index contributed by atoms with van der Waals surface area (Å²) < 4.78 is 42.8. The van der Waals surface area contributed by atoms with Crippen molar-refractivity contribution < 1.29 is 52.2 Å². The fourth-order valence-corrected chi connectivity index (χ4v) is 3.05. The Labute approximate surface area is 185 Å². The third-order valence-corrected chi connectivity index (χ3v) is 4.93. The topological polar surface area (TPSA) is 160 Å². The van der Waals surface area contributed by atoms with Gasteiger partial charge in [-0.25, -0.2) is 9.59 Å². The summed E-state index contributed by atoms with van der Waals surface area (Å²) in [6.07, 6.45) is -4.46. The van der Waals surface area contributed by atoms with E-state index >= 15 is 0 Å². The maximum absolute atomic E-state index is 11.9. The Balaban J connectivity index is 0.000000451. The molecule has 0 bridgehead atoms. The van der Waals surface area contributed by atoms with Gasteiger partial charge in [0.2, 0.25) is 5.91 Å². The second-order valence-electron chi connectivity index (χ2n) is 6.92. The van der Waals surface area contributed by atoms with E-state index in [1.807, 2.05) is 0 Å². The van der Waals surface area contributed by atoms with Crippen LogP contribution in [0.25, 0.3) is 0 Å². The van der Waals surface area contributed by atoms with Crippen LogP contribution in [0.3, 0.4) is 0 Å². The predicted octanol–water partition coefficient (Wildman–Crippen LogP) is 0.280. The highest BCUT2D eigenvalue weighted by Crippen LogP contribution is 2.37. The van der Waals surface area contributed by atoms with Crippen LogP contribution in [0.2, 0.25) is 6.32 Å². The number of halogens is 3. The molecule has 0 unspecified atom stereocenters. The van der Waals surface area contributed by atoms with Crippen LogP contribution < -0.4 is 15.1 Å². The van der Waals surface area contributed by atoms with Gasteiger partial charge in [0.15, 0.2) is 0 Å². The lowest BCUT2D eigenvalue weighted by atomic mass is 9.78. The molecule has 15 heteroatoms. The molecule has 5 N–H and O–H groups in total. The summed E-state index contributed by atoms with van der Waals surface area (Å²) >= 11 is 4.00. The number of hydrogen-bond acceptors (Lipinski definition) is 8. The zero-order valence-electron chi connectivity index (χ0n) is 16.4. The molecular weight excluding hydrogens is 460 g/mol. The average Bonchev–Trinajstić information content (AvgIpc) is 2.68. The highest BCUT2D eigenvalue weighted by atomic mass is 32.1. The van der Waals surface area contributed by atoms with Crippen LogP contribution in [0, 0.1) is 0 Å². The van der Waals surface area contributed by atoms with Crippen molar-refractivity contribution >= 4 is 37.6 Å². The number of nitrogens with two attached hydrogens (primary N) is 1. The molecule has 2 aliphatic rings. The minimum Gasteiger partial charge on any atom is -0.535 e. The number of carbonyl (C=O) groups is 3. The fraction of sp³-hybridized carbons (Fsp3) is 0.471. The van der Waals surface area contributed by atoms with Crippen molar-refractivity contribution in [3.63, 3.8) is 0 Å². The number of carbonyl (C=O) groups excluding carboxylic acids is 1. The van der Waals surface area contributed by atoms with Crippen molar-refractivity contribution in [1.29, 1.82) is 0 Å². The van der Waals surface area contributed by atoms with Gasteiger partial charge < -0.3 is 35.3 Å². The van der Waals surface area contributed by atoms with Gasteiger partial charge in [0.05, 0.1) is 19.1 Å². The van der Waals surface area contributed by atoms with E-state index in [1.54, 1.807) is 17.0 Å². The maximum atomic E-state index is 11.9. The number of aliphatic carboxylic acids is 1. The Morgan fingerprint density at radius 2 is 1.91 bits per heavy atom. The van der Waals surface area contributed by atoms with Gasteiger partial charge >= 0.3 is 25.2 Å². The molecule has 176 valence electrons. The fourth-order valence-electron chi connectivity index (χ4n) is 2.90. The number of carboxylic acid groups (broad SMARTS) is 2. The maximum Gasteiger partial charge on any atom is 0.522 e. The van der Waals surface area contributed by atoms with Crippen LogP contribution in [-0.4, -0.2) is 82.3 Å². The van der Waals surface area contributed by atoms with Crippen LogP contribution in [-0.2, 0) is 16.0 Å². The highest BCUT2D eigenvalue weighted by Gasteiger charge is 2.38. The molecule has 1 saturated heterocycles. The van der Waals surface area contributed by atoms with Gasteiger partial charge in [0, 0.05) is 5.75 Å². The number of hydrogen-bond donors (Lipinski definition) is 5. The summed E-state index contributed by atoms with van der Waals surface area (Å²) in [7, 11) is -1.03. The molecule has 0 saturated carbocycles. The van der Waals surface area contributed by atoms with Gasteiger partial charge in [-0.1, -0.05) is 6.07 Å². The van der Waals surface area contributed by atoms with Gasteiger partial charge in [0.25, 0.3) is 0 Å². The van der Waals surface area contributed by atoms with E-state index in [0.717, 1.165) is 5.56 Å². The van der Waals surface area contributed by atoms with E-state index in [9.17, 15) is 32.9 Å². The molecule has 32 heavy (non-hydrogen) atoms. The molecule has 1 atom stereocenters. The Morgan fingerprint density at radius 3 is 2.41 bits per heavy atom. The number of aryl methyl sites for hydroxylation is 1. The summed E-state index contributed by atoms with van der Waals surface area (Å²) in [5.74, 6) is -3.58. The van der Waals surface area contributed by atoms with Crippen LogP contribution >= 0.6 is 12.6 Å². The first-order valence-corrected chi connectivity index (χ1v) is 9.84. The lowest BCUT2D eigenvalue weighted by Crippen LogP contribution is -2.60. The Morgan fingerprint density at radius 1 is 1.31 bits per heavy atom. The van der Waals surface area contributed by atoms with E-state index in [0.29, 0.717) is 25.8 Å². The van der Waals surface area contributed by atoms with Gasteiger partial charge in [0.1, 0.15) is 23.2 Å². The second-order valence-corrected chi connectivity index (χ2v) is 7.28. The molecule has 1 aromatic carbocycles. The largest absolute Gasteiger partial charge is 0.535 e. The van der Waals surface area contributed by atoms with Gasteiger partial charge in [-0.05, 0) is 24.4 Å². The number of nitrogens with zero attached hydrogens (tertiary/aromatic N) is 1. The summed E-state index contributed by atoms with van der Waals surface area (Å²) in [5.41, 5.74) is 6.27. The minimum atomic E-state index is -5.08. The molecular formula is C17H20BF3N2O8S. The van der Waals surface area contributed by atoms with Crippen LogP contribution in [0.1, 0.15) is 15.9 Å². The smallest absolute Gasteiger partial charge is 0.522 e. The predicted molar refractivity (Wildman–Crippen MR) is 107 cm³/mol. The van der Waals surface area contributed by atoms with Crippen molar-refractivity contribution in [2.24, 2.45) is 5.73 Å².